The lowest BCUT2D eigenvalue weighted by atomic mass is 10.3. The minimum atomic E-state index is -0.537. The predicted octanol–water partition coefficient (Wildman–Crippen LogP) is 3.67. The van der Waals surface area contributed by atoms with Gasteiger partial charge in [0.25, 0.3) is 0 Å². The quantitative estimate of drug-likeness (QED) is 0.495. The molecule has 0 aliphatic rings. The number of amides is 1. The molecule has 2 aromatic rings. The molecule has 0 bridgehead atoms. The van der Waals surface area contributed by atoms with Gasteiger partial charge in [0.15, 0.2) is 5.78 Å². The van der Waals surface area contributed by atoms with Crippen LogP contribution in [0.15, 0.2) is 54.6 Å². The summed E-state index contributed by atoms with van der Waals surface area (Å²) >= 11 is 1.16. The van der Waals surface area contributed by atoms with Crippen molar-refractivity contribution < 1.29 is 23.9 Å². The highest BCUT2D eigenvalue weighted by Crippen LogP contribution is 2.22. The van der Waals surface area contributed by atoms with Gasteiger partial charge in [0, 0.05) is 5.69 Å². The summed E-state index contributed by atoms with van der Waals surface area (Å²) in [6.45, 7) is 1.93. The molecule has 0 spiro atoms. The first-order valence-electron chi connectivity index (χ1n) is 8.44. The van der Waals surface area contributed by atoms with Crippen LogP contribution < -0.4 is 10.1 Å². The highest BCUT2D eigenvalue weighted by Gasteiger charge is 2.11. The lowest BCUT2D eigenvalue weighted by molar-refractivity contribution is -0.145. The number of hydrogen-bond donors (Lipinski definition) is 1. The van der Waals surface area contributed by atoms with E-state index in [1.165, 1.54) is 0 Å². The van der Waals surface area contributed by atoms with Gasteiger partial charge in [0.2, 0.25) is 5.91 Å². The Hall–Kier alpha value is -2.80. The van der Waals surface area contributed by atoms with Crippen LogP contribution in [0.4, 0.5) is 5.69 Å². The van der Waals surface area contributed by atoms with E-state index in [0.717, 1.165) is 17.5 Å². The second kappa shape index (κ2) is 11.0. The Morgan fingerprint density at radius 3 is 2.26 bits per heavy atom. The molecular formula is C20H21NO5S. The molecule has 0 aliphatic carbocycles. The number of benzene rings is 2. The van der Waals surface area contributed by atoms with Gasteiger partial charge in [-0.3, -0.25) is 14.4 Å². The van der Waals surface area contributed by atoms with Crippen LogP contribution in [0, 0.1) is 0 Å². The van der Waals surface area contributed by atoms with Crippen molar-refractivity contribution in [3.63, 3.8) is 0 Å². The van der Waals surface area contributed by atoms with E-state index in [0.29, 0.717) is 11.4 Å². The zero-order valence-corrected chi connectivity index (χ0v) is 15.8. The van der Waals surface area contributed by atoms with Gasteiger partial charge in [0.1, 0.15) is 17.9 Å². The fourth-order valence-corrected chi connectivity index (χ4v) is 2.80. The van der Waals surface area contributed by atoms with Crippen molar-refractivity contribution >= 4 is 35.1 Å². The van der Waals surface area contributed by atoms with Crippen LogP contribution in [0.3, 0.4) is 0 Å². The Labute approximate surface area is 162 Å². The van der Waals surface area contributed by atoms with Gasteiger partial charge in [-0.05, 0) is 43.3 Å². The topological polar surface area (TPSA) is 81.7 Å². The van der Waals surface area contributed by atoms with E-state index in [1.807, 2.05) is 30.3 Å². The molecule has 0 radical (unpaired) electrons. The van der Waals surface area contributed by atoms with Crippen molar-refractivity contribution in [3.8, 4) is 11.5 Å². The fourth-order valence-electron chi connectivity index (χ4n) is 2.11. The first kappa shape index (κ1) is 20.5. The Kier molecular flexibility index (Phi) is 8.38. The molecule has 0 unspecified atom stereocenters. The van der Waals surface area contributed by atoms with Crippen molar-refractivity contribution in [2.45, 2.75) is 13.3 Å². The Balaban J connectivity index is 1.71. The van der Waals surface area contributed by atoms with Crippen molar-refractivity contribution in [2.24, 2.45) is 0 Å². The molecule has 6 nitrogen and oxygen atoms in total. The zero-order chi connectivity index (χ0) is 19.5. The summed E-state index contributed by atoms with van der Waals surface area (Å²) in [5, 5.41) is 2.75. The monoisotopic (exact) mass is 387 g/mol. The predicted molar refractivity (Wildman–Crippen MR) is 105 cm³/mol. The van der Waals surface area contributed by atoms with E-state index in [1.54, 1.807) is 31.2 Å². The fraction of sp³-hybridized carbons (Fsp3) is 0.250. The van der Waals surface area contributed by atoms with E-state index in [4.69, 9.17) is 9.47 Å². The van der Waals surface area contributed by atoms with Crippen LogP contribution >= 0.6 is 11.8 Å². The molecule has 0 heterocycles. The van der Waals surface area contributed by atoms with Gasteiger partial charge >= 0.3 is 5.97 Å². The lowest BCUT2D eigenvalue weighted by Gasteiger charge is -2.08. The Bertz CT molecular complexity index is 762. The minimum Gasteiger partial charge on any atom is -0.466 e. The number of anilines is 1. The van der Waals surface area contributed by atoms with Crippen molar-refractivity contribution in [3.05, 3.63) is 54.6 Å². The SMILES string of the molecule is CCOC(=O)CC(=O)CSCC(=O)Nc1ccc(Oc2ccccc2)cc1. The molecule has 27 heavy (non-hydrogen) atoms. The van der Waals surface area contributed by atoms with Gasteiger partial charge in [-0.1, -0.05) is 18.2 Å². The highest BCUT2D eigenvalue weighted by atomic mass is 32.2. The summed E-state index contributed by atoms with van der Waals surface area (Å²) in [6.07, 6.45) is -0.259. The summed E-state index contributed by atoms with van der Waals surface area (Å²) in [7, 11) is 0. The summed E-state index contributed by atoms with van der Waals surface area (Å²) in [5.41, 5.74) is 0.638. The molecule has 0 saturated carbocycles. The molecule has 0 atom stereocenters. The largest absolute Gasteiger partial charge is 0.466 e. The summed E-state index contributed by atoms with van der Waals surface area (Å²) in [6, 6.07) is 16.4. The van der Waals surface area contributed by atoms with Crippen LogP contribution in [-0.2, 0) is 19.1 Å². The van der Waals surface area contributed by atoms with E-state index in [-0.39, 0.29) is 36.2 Å². The molecule has 142 valence electrons. The average Bonchev–Trinajstić information content (AvgIpc) is 2.64. The summed E-state index contributed by atoms with van der Waals surface area (Å²) in [5.74, 6) is 0.600. The number of Topliss-reactive ketones (excluding diaryl/α,β-unsaturated/α-hetero) is 1. The van der Waals surface area contributed by atoms with E-state index >= 15 is 0 Å². The molecular weight excluding hydrogens is 366 g/mol. The normalized spacial score (nSPS) is 10.1. The number of rotatable bonds is 10. The van der Waals surface area contributed by atoms with Gasteiger partial charge in [-0.25, -0.2) is 0 Å². The van der Waals surface area contributed by atoms with Crippen LogP contribution in [-0.4, -0.2) is 35.8 Å². The van der Waals surface area contributed by atoms with Gasteiger partial charge in [0.05, 0.1) is 18.1 Å². The molecule has 7 heteroatoms. The maximum Gasteiger partial charge on any atom is 0.313 e. The second-order valence-electron chi connectivity index (χ2n) is 5.50. The lowest BCUT2D eigenvalue weighted by Crippen LogP contribution is -2.17. The van der Waals surface area contributed by atoms with Crippen LogP contribution in [0.25, 0.3) is 0 Å². The van der Waals surface area contributed by atoms with Crippen LogP contribution in [0.5, 0.6) is 11.5 Å². The van der Waals surface area contributed by atoms with Gasteiger partial charge < -0.3 is 14.8 Å². The summed E-state index contributed by atoms with van der Waals surface area (Å²) < 4.78 is 10.4. The molecule has 0 aromatic heterocycles. The number of ketones is 1. The number of hydrogen-bond acceptors (Lipinski definition) is 6. The Morgan fingerprint density at radius 2 is 1.59 bits per heavy atom. The van der Waals surface area contributed by atoms with Crippen molar-refractivity contribution in [2.75, 3.05) is 23.4 Å². The number of nitrogens with one attached hydrogen (secondary N) is 1. The first-order chi connectivity index (χ1) is 13.1. The third kappa shape index (κ3) is 7.96. The molecule has 0 fully saturated rings. The van der Waals surface area contributed by atoms with Crippen molar-refractivity contribution in [1.29, 1.82) is 0 Å². The average molecular weight is 387 g/mol. The van der Waals surface area contributed by atoms with Crippen LogP contribution in [0.1, 0.15) is 13.3 Å². The third-order valence-electron chi connectivity index (χ3n) is 3.26. The summed E-state index contributed by atoms with van der Waals surface area (Å²) in [4.78, 5) is 34.7. The van der Waals surface area contributed by atoms with Crippen molar-refractivity contribution in [1.82, 2.24) is 0 Å². The van der Waals surface area contributed by atoms with E-state index in [2.05, 4.69) is 5.32 Å². The number of thioether (sulfide) groups is 1. The van der Waals surface area contributed by atoms with Gasteiger partial charge in [-0.15, -0.1) is 11.8 Å². The molecule has 1 amide bonds. The standard InChI is InChI=1S/C20H21NO5S/c1-2-25-20(24)12-16(22)13-27-14-19(23)21-15-8-10-18(11-9-15)26-17-6-4-3-5-7-17/h3-11H,2,12-14H2,1H3,(H,21,23). The smallest absolute Gasteiger partial charge is 0.313 e. The second-order valence-corrected chi connectivity index (χ2v) is 6.49. The Morgan fingerprint density at radius 1 is 0.926 bits per heavy atom. The minimum absolute atomic E-state index is 0.0933. The molecule has 1 N–H and O–H groups in total. The van der Waals surface area contributed by atoms with Gasteiger partial charge in [-0.2, -0.15) is 0 Å². The maximum atomic E-state index is 11.9. The van der Waals surface area contributed by atoms with E-state index < -0.39 is 5.97 Å². The number of ether oxygens (including phenoxy) is 2. The maximum absolute atomic E-state index is 11.9. The number of para-hydroxylation sites is 1. The zero-order valence-electron chi connectivity index (χ0n) is 15.0. The first-order valence-corrected chi connectivity index (χ1v) is 9.60. The van der Waals surface area contributed by atoms with Crippen LogP contribution in [0.2, 0.25) is 0 Å². The third-order valence-corrected chi connectivity index (χ3v) is 4.25. The molecule has 2 aromatic carbocycles. The molecule has 0 saturated heterocycles. The van der Waals surface area contributed by atoms with E-state index in [9.17, 15) is 14.4 Å². The number of esters is 1. The number of carbonyl (C=O) groups excluding carboxylic acids is 3. The molecule has 2 rings (SSSR count). The molecule has 0 aliphatic heterocycles. The number of carbonyl (C=O) groups is 3. The highest BCUT2D eigenvalue weighted by molar-refractivity contribution is 8.00.